The molecule has 8 nitrogen and oxygen atoms in total. The van der Waals surface area contributed by atoms with Crippen LogP contribution < -0.4 is 16.1 Å². The van der Waals surface area contributed by atoms with Gasteiger partial charge in [0.1, 0.15) is 6.04 Å². The molecule has 0 aromatic carbocycles. The first-order valence-corrected chi connectivity index (χ1v) is 6.01. The molecule has 1 unspecified atom stereocenters. The number of thioether (sulfide) groups is 1. The van der Waals surface area contributed by atoms with Gasteiger partial charge in [-0.3, -0.25) is 9.78 Å². The van der Waals surface area contributed by atoms with Crippen molar-refractivity contribution in [3.8, 4) is 0 Å². The van der Waals surface area contributed by atoms with Crippen molar-refractivity contribution < 1.29 is 9.90 Å². The van der Waals surface area contributed by atoms with E-state index in [4.69, 9.17) is 5.11 Å². The summed E-state index contributed by atoms with van der Waals surface area (Å²) in [5.41, 5.74) is -1.39. The first-order valence-electron chi connectivity index (χ1n) is 4.86. The lowest BCUT2D eigenvalue weighted by Crippen LogP contribution is -2.50. The molecule has 2 heterocycles. The molecule has 1 atom stereocenters. The molecule has 9 heteroatoms. The number of aromatic nitrogens is 3. The smallest absolute Gasteiger partial charge is 0.342 e. The largest absolute Gasteiger partial charge is 0.480 e. The Bertz CT molecular complexity index is 539. The number of rotatable bonds is 2. The predicted octanol–water partition coefficient (Wildman–Crippen LogP) is -1.54. The molecule has 3 N–H and O–H groups in total. The molecule has 17 heavy (non-hydrogen) atoms. The highest BCUT2D eigenvalue weighted by atomic mass is 32.2. The van der Waals surface area contributed by atoms with Crippen molar-refractivity contribution in [3.63, 3.8) is 0 Å². The highest BCUT2D eigenvalue weighted by Gasteiger charge is 2.31. The maximum atomic E-state index is 11.5. The second kappa shape index (κ2) is 4.62. The summed E-state index contributed by atoms with van der Waals surface area (Å²) in [5, 5.41) is 14.7. The number of aromatic amines is 2. The number of H-pyrrole nitrogens is 2. The summed E-state index contributed by atoms with van der Waals surface area (Å²) >= 11 is 1.50. The highest BCUT2D eigenvalue weighted by molar-refractivity contribution is 7.99. The normalized spacial score (nSPS) is 20.2. The van der Waals surface area contributed by atoms with Gasteiger partial charge in [-0.15, -0.1) is 5.10 Å². The van der Waals surface area contributed by atoms with Crippen molar-refractivity contribution in [2.75, 3.05) is 23.0 Å². The van der Waals surface area contributed by atoms with Crippen LogP contribution in [0.4, 0.5) is 5.82 Å². The number of carboxylic acids is 1. The molecule has 0 aliphatic carbocycles. The van der Waals surface area contributed by atoms with Crippen LogP contribution in [0.5, 0.6) is 0 Å². The van der Waals surface area contributed by atoms with Crippen molar-refractivity contribution in [1.29, 1.82) is 0 Å². The van der Waals surface area contributed by atoms with E-state index in [1.54, 1.807) is 0 Å². The number of aliphatic carboxylic acids is 1. The maximum absolute atomic E-state index is 11.5. The average Bonchev–Trinajstić information content (AvgIpc) is 2.29. The van der Waals surface area contributed by atoms with Gasteiger partial charge in [-0.1, -0.05) is 0 Å². The van der Waals surface area contributed by atoms with Gasteiger partial charge in [0.15, 0.2) is 0 Å². The van der Waals surface area contributed by atoms with E-state index in [2.05, 4.69) is 10.2 Å². The SMILES string of the molecule is O=C(O)C1CSCCN1c1n[nH]c(=O)[nH]c1=O. The third-order valence-electron chi connectivity index (χ3n) is 2.38. The molecule has 0 spiro atoms. The minimum absolute atomic E-state index is 0.0581. The van der Waals surface area contributed by atoms with Gasteiger partial charge in [-0.05, 0) is 0 Å². The molecule has 1 saturated heterocycles. The fraction of sp³-hybridized carbons (Fsp3) is 0.500. The van der Waals surface area contributed by atoms with E-state index in [0.717, 1.165) is 0 Å². The Morgan fingerprint density at radius 2 is 2.29 bits per heavy atom. The van der Waals surface area contributed by atoms with Gasteiger partial charge in [-0.25, -0.2) is 14.7 Å². The van der Waals surface area contributed by atoms with E-state index >= 15 is 0 Å². The molecule has 1 aromatic rings. The van der Waals surface area contributed by atoms with Crippen molar-refractivity contribution in [2.45, 2.75) is 6.04 Å². The van der Waals surface area contributed by atoms with Crippen LogP contribution in [-0.4, -0.2) is 50.3 Å². The molecule has 1 aromatic heterocycles. The van der Waals surface area contributed by atoms with Gasteiger partial charge in [0.2, 0.25) is 5.82 Å². The summed E-state index contributed by atoms with van der Waals surface area (Å²) < 4.78 is 0. The Hall–Kier alpha value is -1.77. The number of carbonyl (C=O) groups is 1. The number of hydrogen-bond acceptors (Lipinski definition) is 6. The van der Waals surface area contributed by atoms with Crippen molar-refractivity contribution in [1.82, 2.24) is 15.2 Å². The predicted molar refractivity (Wildman–Crippen MR) is 61.6 cm³/mol. The quantitative estimate of drug-likeness (QED) is 0.588. The Balaban J connectivity index is 2.39. The van der Waals surface area contributed by atoms with Gasteiger partial charge in [0.05, 0.1) is 0 Å². The zero-order valence-corrected chi connectivity index (χ0v) is 9.49. The van der Waals surface area contributed by atoms with E-state index in [1.165, 1.54) is 16.7 Å². The van der Waals surface area contributed by atoms with Gasteiger partial charge < -0.3 is 10.0 Å². The maximum Gasteiger partial charge on any atom is 0.342 e. The van der Waals surface area contributed by atoms with Gasteiger partial charge in [0.25, 0.3) is 5.56 Å². The fourth-order valence-corrected chi connectivity index (χ4v) is 2.64. The minimum Gasteiger partial charge on any atom is -0.480 e. The first kappa shape index (κ1) is 11.7. The van der Waals surface area contributed by atoms with Crippen LogP contribution in [0.2, 0.25) is 0 Å². The molecule has 0 bridgehead atoms. The van der Waals surface area contributed by atoms with Crippen molar-refractivity contribution >= 4 is 23.5 Å². The number of nitrogens with one attached hydrogen (secondary N) is 2. The van der Waals surface area contributed by atoms with Crippen LogP contribution >= 0.6 is 11.8 Å². The first-order chi connectivity index (χ1) is 8.09. The zero-order chi connectivity index (χ0) is 12.4. The molecule has 92 valence electrons. The minimum atomic E-state index is -1.01. The lowest BCUT2D eigenvalue weighted by atomic mass is 10.3. The summed E-state index contributed by atoms with van der Waals surface area (Å²) in [6, 6.07) is -0.798. The number of anilines is 1. The molecule has 2 rings (SSSR count). The molecular formula is C8H10N4O4S. The van der Waals surface area contributed by atoms with Crippen LogP contribution in [0.15, 0.2) is 9.59 Å². The third-order valence-corrected chi connectivity index (χ3v) is 3.40. The Kier molecular flexibility index (Phi) is 3.18. The molecule has 1 aliphatic heterocycles. The van der Waals surface area contributed by atoms with Crippen molar-refractivity contribution in [3.05, 3.63) is 20.8 Å². The van der Waals surface area contributed by atoms with Crippen LogP contribution in [-0.2, 0) is 4.79 Å². The summed E-state index contributed by atoms with van der Waals surface area (Å²) in [6.45, 7) is 0.407. The van der Waals surface area contributed by atoms with Crippen LogP contribution in [0, 0.1) is 0 Å². The molecule has 0 amide bonds. The molecule has 0 saturated carbocycles. The zero-order valence-electron chi connectivity index (χ0n) is 8.67. The Morgan fingerprint density at radius 3 is 2.94 bits per heavy atom. The van der Waals surface area contributed by atoms with E-state index in [1.807, 2.05) is 4.98 Å². The molecule has 1 fully saturated rings. The van der Waals surface area contributed by atoms with E-state index in [9.17, 15) is 14.4 Å². The van der Waals surface area contributed by atoms with Gasteiger partial charge >= 0.3 is 11.7 Å². The average molecular weight is 258 g/mol. The molecule has 0 radical (unpaired) electrons. The number of carboxylic acid groups (broad SMARTS) is 1. The summed E-state index contributed by atoms with van der Waals surface area (Å²) in [6.07, 6.45) is 0. The Morgan fingerprint density at radius 1 is 1.53 bits per heavy atom. The summed E-state index contributed by atoms with van der Waals surface area (Å²) in [5.74, 6) is 0.0291. The van der Waals surface area contributed by atoms with E-state index in [-0.39, 0.29) is 5.82 Å². The van der Waals surface area contributed by atoms with E-state index < -0.39 is 23.3 Å². The number of hydrogen-bond donors (Lipinski definition) is 3. The third kappa shape index (κ3) is 2.33. The summed E-state index contributed by atoms with van der Waals surface area (Å²) in [4.78, 5) is 36.8. The monoisotopic (exact) mass is 258 g/mol. The van der Waals surface area contributed by atoms with Gasteiger partial charge in [0, 0.05) is 18.1 Å². The highest BCUT2D eigenvalue weighted by Crippen LogP contribution is 2.19. The topological polar surface area (TPSA) is 119 Å². The molecular weight excluding hydrogens is 248 g/mol. The number of nitrogens with zero attached hydrogens (tertiary/aromatic N) is 2. The van der Waals surface area contributed by atoms with Crippen LogP contribution in [0.1, 0.15) is 0 Å². The fourth-order valence-electron chi connectivity index (χ4n) is 1.60. The lowest BCUT2D eigenvalue weighted by Gasteiger charge is -2.32. The lowest BCUT2D eigenvalue weighted by molar-refractivity contribution is -0.138. The van der Waals surface area contributed by atoms with E-state index in [0.29, 0.717) is 18.1 Å². The summed E-state index contributed by atoms with van der Waals surface area (Å²) in [7, 11) is 0. The van der Waals surface area contributed by atoms with Crippen molar-refractivity contribution in [2.24, 2.45) is 0 Å². The van der Waals surface area contributed by atoms with Gasteiger partial charge in [-0.2, -0.15) is 11.8 Å². The Labute approximate surface area is 99.0 Å². The van der Waals surface area contributed by atoms with Crippen LogP contribution in [0.3, 0.4) is 0 Å². The second-order valence-electron chi connectivity index (χ2n) is 3.45. The second-order valence-corrected chi connectivity index (χ2v) is 4.60. The standard InChI is InChI=1S/C8H10N4O4S/c13-6-5(10-11-8(16)9-6)12-1-2-17-3-4(12)7(14)15/h4H,1-3H2,(H,14,15)(H2,9,11,13,16). The van der Waals surface area contributed by atoms with Crippen LogP contribution in [0.25, 0.3) is 0 Å². The molecule has 1 aliphatic rings.